The Hall–Kier alpha value is -2.43. The SMILES string of the molecule is Cc1nc2c(N[C@@H](C)c3ccccc3)ncnc2[nH]1. The van der Waals surface area contributed by atoms with E-state index in [2.05, 4.69) is 44.3 Å². The second kappa shape index (κ2) is 4.68. The van der Waals surface area contributed by atoms with Crippen molar-refractivity contribution in [3.8, 4) is 0 Å². The lowest BCUT2D eigenvalue weighted by molar-refractivity contribution is 0.875. The topological polar surface area (TPSA) is 66.5 Å². The number of anilines is 1. The largest absolute Gasteiger partial charge is 0.362 e. The maximum Gasteiger partial charge on any atom is 0.162 e. The normalized spacial score (nSPS) is 12.5. The Morgan fingerprint density at radius 3 is 2.74 bits per heavy atom. The molecule has 5 nitrogen and oxygen atoms in total. The van der Waals surface area contributed by atoms with Gasteiger partial charge in [-0.25, -0.2) is 15.0 Å². The van der Waals surface area contributed by atoms with Crippen LogP contribution in [0.3, 0.4) is 0 Å². The minimum atomic E-state index is 0.163. The molecule has 2 N–H and O–H groups in total. The summed E-state index contributed by atoms with van der Waals surface area (Å²) in [6, 6.07) is 10.4. The van der Waals surface area contributed by atoms with Crippen molar-refractivity contribution in [2.24, 2.45) is 0 Å². The fourth-order valence-electron chi connectivity index (χ4n) is 2.08. The lowest BCUT2D eigenvalue weighted by Gasteiger charge is -2.14. The van der Waals surface area contributed by atoms with Crippen molar-refractivity contribution in [3.63, 3.8) is 0 Å². The number of nitrogens with zero attached hydrogens (tertiary/aromatic N) is 3. The van der Waals surface area contributed by atoms with Crippen molar-refractivity contribution < 1.29 is 0 Å². The standard InChI is InChI=1S/C14H15N5/c1-9(11-6-4-3-5-7-11)17-13-12-14(16-8-15-13)19-10(2)18-12/h3-9H,1-2H3,(H2,15,16,17,18,19)/t9-/m0/s1. The van der Waals surface area contributed by atoms with Crippen LogP contribution < -0.4 is 5.32 Å². The number of aromatic nitrogens is 4. The molecule has 0 saturated carbocycles. The molecule has 3 rings (SSSR count). The van der Waals surface area contributed by atoms with Crippen LogP contribution in [0.2, 0.25) is 0 Å². The number of rotatable bonds is 3. The van der Waals surface area contributed by atoms with E-state index in [1.807, 2.05) is 25.1 Å². The summed E-state index contributed by atoms with van der Waals surface area (Å²) in [6.07, 6.45) is 1.54. The first-order chi connectivity index (χ1) is 9.24. The molecule has 0 unspecified atom stereocenters. The molecule has 1 atom stereocenters. The molecule has 2 heterocycles. The second-order valence-electron chi connectivity index (χ2n) is 4.52. The van der Waals surface area contributed by atoms with Crippen LogP contribution in [0, 0.1) is 6.92 Å². The molecule has 0 fully saturated rings. The highest BCUT2D eigenvalue weighted by molar-refractivity contribution is 5.82. The number of nitrogens with one attached hydrogen (secondary N) is 2. The van der Waals surface area contributed by atoms with Gasteiger partial charge >= 0.3 is 0 Å². The number of imidazole rings is 1. The lowest BCUT2D eigenvalue weighted by Crippen LogP contribution is -2.08. The number of hydrogen-bond acceptors (Lipinski definition) is 4. The first-order valence-corrected chi connectivity index (χ1v) is 6.23. The Bertz CT molecular complexity index is 689. The molecule has 0 bridgehead atoms. The summed E-state index contributed by atoms with van der Waals surface area (Å²) in [5.74, 6) is 1.59. The number of H-pyrrole nitrogens is 1. The Morgan fingerprint density at radius 1 is 1.16 bits per heavy atom. The van der Waals surface area contributed by atoms with Gasteiger partial charge in [0.25, 0.3) is 0 Å². The van der Waals surface area contributed by atoms with E-state index in [-0.39, 0.29) is 6.04 Å². The molecule has 19 heavy (non-hydrogen) atoms. The van der Waals surface area contributed by atoms with Gasteiger partial charge in [0.05, 0.1) is 6.04 Å². The van der Waals surface area contributed by atoms with Crippen molar-refractivity contribution in [1.29, 1.82) is 0 Å². The van der Waals surface area contributed by atoms with Crippen molar-refractivity contribution in [3.05, 3.63) is 48.0 Å². The third-order valence-electron chi connectivity index (χ3n) is 3.05. The van der Waals surface area contributed by atoms with Crippen molar-refractivity contribution in [1.82, 2.24) is 19.9 Å². The summed E-state index contributed by atoms with van der Waals surface area (Å²) in [5, 5.41) is 3.38. The van der Waals surface area contributed by atoms with Crippen LogP contribution in [-0.2, 0) is 0 Å². The molecule has 0 radical (unpaired) electrons. The molecule has 5 heteroatoms. The van der Waals surface area contributed by atoms with E-state index < -0.39 is 0 Å². The average Bonchev–Trinajstić information content (AvgIpc) is 2.81. The Labute approximate surface area is 111 Å². The summed E-state index contributed by atoms with van der Waals surface area (Å²) >= 11 is 0. The first-order valence-electron chi connectivity index (χ1n) is 6.23. The van der Waals surface area contributed by atoms with Crippen LogP contribution >= 0.6 is 0 Å². The quantitative estimate of drug-likeness (QED) is 0.753. The van der Waals surface area contributed by atoms with Gasteiger partial charge < -0.3 is 10.3 Å². The van der Waals surface area contributed by atoms with E-state index in [0.29, 0.717) is 0 Å². The molecule has 0 saturated heterocycles. The fourth-order valence-corrected chi connectivity index (χ4v) is 2.08. The molecule has 0 aliphatic rings. The Kier molecular flexibility index (Phi) is 2.87. The smallest absolute Gasteiger partial charge is 0.162 e. The summed E-state index contributed by atoms with van der Waals surface area (Å²) in [6.45, 7) is 4.01. The molecule has 0 spiro atoms. The summed E-state index contributed by atoms with van der Waals surface area (Å²) < 4.78 is 0. The van der Waals surface area contributed by atoms with Crippen LogP contribution in [0.5, 0.6) is 0 Å². The van der Waals surface area contributed by atoms with Crippen LogP contribution in [0.15, 0.2) is 36.7 Å². The summed E-state index contributed by atoms with van der Waals surface area (Å²) in [4.78, 5) is 16.0. The van der Waals surface area contributed by atoms with E-state index in [1.165, 1.54) is 5.56 Å². The molecular weight excluding hydrogens is 238 g/mol. The molecule has 0 aliphatic carbocycles. The predicted molar refractivity (Wildman–Crippen MR) is 74.9 cm³/mol. The highest BCUT2D eigenvalue weighted by Crippen LogP contribution is 2.22. The first kappa shape index (κ1) is 11.6. The highest BCUT2D eigenvalue weighted by atomic mass is 15.1. The van der Waals surface area contributed by atoms with Gasteiger partial charge in [0.15, 0.2) is 17.0 Å². The fraction of sp³-hybridized carbons (Fsp3) is 0.214. The minimum absolute atomic E-state index is 0.163. The molecule has 96 valence electrons. The monoisotopic (exact) mass is 253 g/mol. The van der Waals surface area contributed by atoms with Gasteiger partial charge in [-0.3, -0.25) is 0 Å². The third kappa shape index (κ3) is 2.27. The number of fused-ring (bicyclic) bond motifs is 1. The average molecular weight is 253 g/mol. The number of hydrogen-bond donors (Lipinski definition) is 2. The molecule has 3 aromatic rings. The highest BCUT2D eigenvalue weighted by Gasteiger charge is 2.11. The van der Waals surface area contributed by atoms with Crippen LogP contribution in [0.25, 0.3) is 11.2 Å². The number of benzene rings is 1. The van der Waals surface area contributed by atoms with Crippen molar-refractivity contribution in [2.75, 3.05) is 5.32 Å². The van der Waals surface area contributed by atoms with E-state index >= 15 is 0 Å². The van der Waals surface area contributed by atoms with Gasteiger partial charge in [0.2, 0.25) is 0 Å². The van der Waals surface area contributed by atoms with E-state index in [0.717, 1.165) is 22.8 Å². The van der Waals surface area contributed by atoms with Gasteiger partial charge in [-0.2, -0.15) is 0 Å². The molecular formula is C14H15N5. The number of aromatic amines is 1. The van der Waals surface area contributed by atoms with Crippen LogP contribution in [0.4, 0.5) is 5.82 Å². The van der Waals surface area contributed by atoms with E-state index in [1.54, 1.807) is 6.33 Å². The third-order valence-corrected chi connectivity index (χ3v) is 3.05. The number of aryl methyl sites for hydroxylation is 1. The van der Waals surface area contributed by atoms with Crippen molar-refractivity contribution >= 4 is 17.0 Å². The maximum absolute atomic E-state index is 4.42. The zero-order chi connectivity index (χ0) is 13.2. The molecule has 0 amide bonds. The van der Waals surface area contributed by atoms with Gasteiger partial charge in [-0.05, 0) is 19.4 Å². The zero-order valence-electron chi connectivity index (χ0n) is 10.9. The predicted octanol–water partition coefficient (Wildman–Crippen LogP) is 2.83. The summed E-state index contributed by atoms with van der Waals surface area (Å²) in [5.41, 5.74) is 2.75. The lowest BCUT2D eigenvalue weighted by atomic mass is 10.1. The minimum Gasteiger partial charge on any atom is -0.362 e. The Morgan fingerprint density at radius 2 is 1.95 bits per heavy atom. The van der Waals surface area contributed by atoms with Crippen LogP contribution in [0.1, 0.15) is 24.4 Å². The summed E-state index contributed by atoms with van der Waals surface area (Å²) in [7, 11) is 0. The van der Waals surface area contributed by atoms with Gasteiger partial charge in [0, 0.05) is 0 Å². The molecule has 2 aromatic heterocycles. The van der Waals surface area contributed by atoms with Gasteiger partial charge in [0.1, 0.15) is 12.2 Å². The van der Waals surface area contributed by atoms with E-state index in [9.17, 15) is 0 Å². The molecule has 1 aromatic carbocycles. The molecule has 0 aliphatic heterocycles. The van der Waals surface area contributed by atoms with E-state index in [4.69, 9.17) is 0 Å². The van der Waals surface area contributed by atoms with Gasteiger partial charge in [-0.15, -0.1) is 0 Å². The maximum atomic E-state index is 4.42. The second-order valence-corrected chi connectivity index (χ2v) is 4.52. The zero-order valence-corrected chi connectivity index (χ0v) is 10.9. The van der Waals surface area contributed by atoms with Crippen molar-refractivity contribution in [2.45, 2.75) is 19.9 Å². The Balaban J connectivity index is 1.93. The van der Waals surface area contributed by atoms with Gasteiger partial charge in [-0.1, -0.05) is 30.3 Å². The van der Waals surface area contributed by atoms with Crippen LogP contribution in [-0.4, -0.2) is 19.9 Å².